The number of benzene rings is 1. The van der Waals surface area contributed by atoms with Crippen LogP contribution in [0.3, 0.4) is 0 Å². The number of H-pyrrole nitrogens is 1. The van der Waals surface area contributed by atoms with Gasteiger partial charge in [-0.1, -0.05) is 30.3 Å². The highest BCUT2D eigenvalue weighted by Crippen LogP contribution is 2.28. The lowest BCUT2D eigenvalue weighted by Gasteiger charge is -2.15. The van der Waals surface area contributed by atoms with Crippen molar-refractivity contribution in [3.8, 4) is 0 Å². The predicted octanol–water partition coefficient (Wildman–Crippen LogP) is 2.42. The Morgan fingerprint density at radius 1 is 1.19 bits per heavy atom. The minimum atomic E-state index is -0.210. The summed E-state index contributed by atoms with van der Waals surface area (Å²) in [4.78, 5) is 30.6. The fraction of sp³-hybridized carbons (Fsp3) is 0.250. The molecule has 140 valence electrons. The standard InChI is InChI=1S/C20H22N4O3/c1-14-12-19(26)24-20(23-14)22-10-9-21-18(25)13-16(17-8-5-11-27-17)15-6-3-2-4-7-15/h2-8,11-12,16H,9-10,13H2,1H3,(H,21,25)(H2,22,23,24,26)/t16-/m0/s1. The Hall–Kier alpha value is -3.35. The molecule has 3 aromatic rings. The number of hydrogen-bond donors (Lipinski definition) is 3. The van der Waals surface area contributed by atoms with Crippen LogP contribution < -0.4 is 16.2 Å². The first-order chi connectivity index (χ1) is 13.1. The average Bonchev–Trinajstić information content (AvgIpc) is 3.18. The van der Waals surface area contributed by atoms with E-state index in [2.05, 4.69) is 20.6 Å². The van der Waals surface area contributed by atoms with E-state index in [-0.39, 0.29) is 23.8 Å². The first-order valence-electron chi connectivity index (χ1n) is 8.78. The number of aryl methyl sites for hydroxylation is 1. The number of aromatic nitrogens is 2. The lowest BCUT2D eigenvalue weighted by molar-refractivity contribution is -0.121. The molecule has 2 aromatic heterocycles. The monoisotopic (exact) mass is 366 g/mol. The van der Waals surface area contributed by atoms with Crippen LogP contribution in [0.5, 0.6) is 0 Å². The van der Waals surface area contributed by atoms with E-state index in [1.807, 2.05) is 42.5 Å². The van der Waals surface area contributed by atoms with Crippen LogP contribution in [0.25, 0.3) is 0 Å². The molecular weight excluding hydrogens is 344 g/mol. The second-order valence-corrected chi connectivity index (χ2v) is 6.19. The Kier molecular flexibility index (Phi) is 6.04. The molecule has 1 atom stereocenters. The van der Waals surface area contributed by atoms with Gasteiger partial charge in [0, 0.05) is 31.3 Å². The molecule has 1 amide bonds. The largest absolute Gasteiger partial charge is 0.469 e. The summed E-state index contributed by atoms with van der Waals surface area (Å²) in [5.41, 5.74) is 1.45. The fourth-order valence-corrected chi connectivity index (χ4v) is 2.86. The Morgan fingerprint density at radius 2 is 2.00 bits per heavy atom. The average molecular weight is 366 g/mol. The highest BCUT2D eigenvalue weighted by Gasteiger charge is 2.20. The van der Waals surface area contributed by atoms with Gasteiger partial charge in [-0.2, -0.15) is 0 Å². The van der Waals surface area contributed by atoms with Crippen LogP contribution in [0, 0.1) is 6.92 Å². The van der Waals surface area contributed by atoms with E-state index >= 15 is 0 Å². The highest BCUT2D eigenvalue weighted by atomic mass is 16.3. The Balaban J connectivity index is 1.53. The van der Waals surface area contributed by atoms with Gasteiger partial charge in [0.1, 0.15) is 5.76 Å². The summed E-state index contributed by atoms with van der Waals surface area (Å²) in [5, 5.41) is 5.88. The quantitative estimate of drug-likeness (QED) is 0.532. The summed E-state index contributed by atoms with van der Waals surface area (Å²) in [6, 6.07) is 14.9. The Labute approximate surface area is 156 Å². The second kappa shape index (κ2) is 8.84. The summed E-state index contributed by atoms with van der Waals surface area (Å²) in [6.45, 7) is 2.62. The van der Waals surface area contributed by atoms with Crippen molar-refractivity contribution >= 4 is 11.9 Å². The third-order valence-electron chi connectivity index (χ3n) is 4.09. The van der Waals surface area contributed by atoms with Crippen molar-refractivity contribution in [2.75, 3.05) is 18.4 Å². The molecule has 7 heteroatoms. The zero-order chi connectivity index (χ0) is 19.1. The van der Waals surface area contributed by atoms with E-state index < -0.39 is 0 Å². The van der Waals surface area contributed by atoms with Gasteiger partial charge in [0.15, 0.2) is 0 Å². The molecule has 0 spiro atoms. The van der Waals surface area contributed by atoms with Crippen LogP contribution in [0.15, 0.2) is 64.0 Å². The number of carbonyl (C=O) groups excluding carboxylic acids is 1. The lowest BCUT2D eigenvalue weighted by atomic mass is 9.93. The lowest BCUT2D eigenvalue weighted by Crippen LogP contribution is -2.30. The number of anilines is 1. The van der Waals surface area contributed by atoms with E-state index in [1.165, 1.54) is 6.07 Å². The van der Waals surface area contributed by atoms with Crippen molar-refractivity contribution in [3.05, 3.63) is 82.2 Å². The fourth-order valence-electron chi connectivity index (χ4n) is 2.86. The summed E-state index contributed by atoms with van der Waals surface area (Å²) in [7, 11) is 0. The van der Waals surface area contributed by atoms with Crippen molar-refractivity contribution in [2.45, 2.75) is 19.3 Å². The first kappa shape index (κ1) is 18.4. The van der Waals surface area contributed by atoms with Crippen LogP contribution in [-0.4, -0.2) is 29.0 Å². The van der Waals surface area contributed by atoms with E-state index in [0.717, 1.165) is 11.3 Å². The van der Waals surface area contributed by atoms with Crippen LogP contribution in [0.4, 0.5) is 5.95 Å². The van der Waals surface area contributed by atoms with Gasteiger partial charge < -0.3 is 15.1 Å². The number of nitrogens with one attached hydrogen (secondary N) is 3. The van der Waals surface area contributed by atoms with Crippen molar-refractivity contribution in [3.63, 3.8) is 0 Å². The predicted molar refractivity (Wildman–Crippen MR) is 103 cm³/mol. The number of rotatable bonds is 8. The number of nitrogens with zero attached hydrogens (tertiary/aromatic N) is 1. The highest BCUT2D eigenvalue weighted by molar-refractivity contribution is 5.77. The molecule has 0 aliphatic rings. The number of furan rings is 1. The molecule has 3 N–H and O–H groups in total. The number of carbonyl (C=O) groups is 1. The van der Waals surface area contributed by atoms with Crippen LogP contribution in [0.1, 0.15) is 29.4 Å². The molecule has 27 heavy (non-hydrogen) atoms. The summed E-state index contributed by atoms with van der Waals surface area (Å²) in [5.74, 6) is 0.944. The van der Waals surface area contributed by atoms with Gasteiger partial charge in [0.2, 0.25) is 11.9 Å². The van der Waals surface area contributed by atoms with E-state index in [4.69, 9.17) is 4.42 Å². The van der Waals surface area contributed by atoms with Crippen molar-refractivity contribution in [2.24, 2.45) is 0 Å². The van der Waals surface area contributed by atoms with Crippen LogP contribution in [0.2, 0.25) is 0 Å². The van der Waals surface area contributed by atoms with Crippen LogP contribution >= 0.6 is 0 Å². The Morgan fingerprint density at radius 3 is 2.70 bits per heavy atom. The number of aromatic amines is 1. The molecule has 7 nitrogen and oxygen atoms in total. The molecule has 0 saturated heterocycles. The summed E-state index contributed by atoms with van der Waals surface area (Å²) in [6.07, 6.45) is 1.90. The first-order valence-corrected chi connectivity index (χ1v) is 8.78. The van der Waals surface area contributed by atoms with Crippen molar-refractivity contribution in [1.82, 2.24) is 15.3 Å². The SMILES string of the molecule is Cc1cc(=O)[nH]c(NCCNC(=O)C[C@@H](c2ccccc2)c2ccco2)n1. The van der Waals surface area contributed by atoms with Crippen molar-refractivity contribution in [1.29, 1.82) is 0 Å². The maximum atomic E-state index is 12.4. The summed E-state index contributed by atoms with van der Waals surface area (Å²) < 4.78 is 5.52. The van der Waals surface area contributed by atoms with Gasteiger partial charge in [-0.3, -0.25) is 14.6 Å². The molecule has 0 fully saturated rings. The molecule has 0 bridgehead atoms. The zero-order valence-electron chi connectivity index (χ0n) is 15.1. The molecule has 3 rings (SSSR count). The normalized spacial score (nSPS) is 11.7. The minimum Gasteiger partial charge on any atom is -0.469 e. The van der Waals surface area contributed by atoms with Gasteiger partial charge in [-0.25, -0.2) is 4.98 Å². The molecule has 0 saturated carbocycles. The zero-order valence-corrected chi connectivity index (χ0v) is 15.1. The third kappa shape index (κ3) is 5.31. The van der Waals surface area contributed by atoms with E-state index in [9.17, 15) is 9.59 Å². The van der Waals surface area contributed by atoms with Crippen LogP contribution in [-0.2, 0) is 4.79 Å². The topological polar surface area (TPSA) is 100 Å². The smallest absolute Gasteiger partial charge is 0.252 e. The van der Waals surface area contributed by atoms with Crippen molar-refractivity contribution < 1.29 is 9.21 Å². The molecule has 0 unspecified atom stereocenters. The molecule has 2 heterocycles. The van der Waals surface area contributed by atoms with Gasteiger partial charge in [-0.15, -0.1) is 0 Å². The molecule has 1 aromatic carbocycles. The van der Waals surface area contributed by atoms with E-state index in [1.54, 1.807) is 13.2 Å². The molecule has 0 aliphatic heterocycles. The van der Waals surface area contributed by atoms with Gasteiger partial charge in [0.05, 0.1) is 12.2 Å². The molecular formula is C20H22N4O3. The maximum absolute atomic E-state index is 12.4. The van der Waals surface area contributed by atoms with Gasteiger partial charge in [-0.05, 0) is 24.6 Å². The number of amides is 1. The second-order valence-electron chi connectivity index (χ2n) is 6.19. The number of hydrogen-bond acceptors (Lipinski definition) is 5. The van der Waals surface area contributed by atoms with E-state index in [0.29, 0.717) is 24.7 Å². The summed E-state index contributed by atoms with van der Waals surface area (Å²) >= 11 is 0. The Bertz CT molecular complexity index is 920. The molecule has 0 aliphatic carbocycles. The maximum Gasteiger partial charge on any atom is 0.252 e. The molecule has 0 radical (unpaired) electrons. The third-order valence-corrected chi connectivity index (χ3v) is 4.09. The van der Waals surface area contributed by atoms with Gasteiger partial charge >= 0.3 is 0 Å². The minimum absolute atomic E-state index is 0.0762. The van der Waals surface area contributed by atoms with Gasteiger partial charge in [0.25, 0.3) is 5.56 Å².